The molecular formula is C25H28N2O4. The summed E-state index contributed by atoms with van der Waals surface area (Å²) in [5, 5.41) is 11.8. The Morgan fingerprint density at radius 3 is 2.13 bits per heavy atom. The largest absolute Gasteiger partial charge is 0.497 e. The first-order valence-corrected chi connectivity index (χ1v) is 9.93. The van der Waals surface area contributed by atoms with Gasteiger partial charge in [-0.05, 0) is 42.3 Å². The van der Waals surface area contributed by atoms with Gasteiger partial charge in [-0.1, -0.05) is 60.7 Å². The average Bonchev–Trinajstić information content (AvgIpc) is 2.80. The molecule has 3 rings (SSSR count). The van der Waals surface area contributed by atoms with Gasteiger partial charge in [0.15, 0.2) is 0 Å². The first kappa shape index (κ1) is 23.6. The number of hydrogen-bond donors (Lipinski definition) is 3. The van der Waals surface area contributed by atoms with Crippen molar-refractivity contribution in [1.29, 1.82) is 0 Å². The van der Waals surface area contributed by atoms with Crippen LogP contribution in [0.2, 0.25) is 0 Å². The third kappa shape index (κ3) is 7.95. The number of ether oxygens (including phenoxy) is 1. The third-order valence-corrected chi connectivity index (χ3v) is 4.54. The van der Waals surface area contributed by atoms with E-state index in [9.17, 15) is 14.7 Å². The number of carbonyl (C=O) groups is 2. The first-order chi connectivity index (χ1) is 14.9. The highest BCUT2D eigenvalue weighted by Crippen LogP contribution is 2.16. The number of carboxylic acids is 1. The van der Waals surface area contributed by atoms with E-state index in [4.69, 9.17) is 10.5 Å². The van der Waals surface area contributed by atoms with Crippen molar-refractivity contribution in [2.45, 2.75) is 25.4 Å². The maximum Gasteiger partial charge on any atom is 0.326 e. The predicted molar refractivity (Wildman–Crippen MR) is 121 cm³/mol. The molecule has 0 aliphatic carbocycles. The summed E-state index contributed by atoms with van der Waals surface area (Å²) in [6, 6.07) is 24.7. The SMILES string of the molecule is COc1cccc([C@@H](C)N)c1.O=C(N[C@@H](Cc1ccccc1)C(=O)O)c1ccccc1. The second-order valence-corrected chi connectivity index (χ2v) is 6.99. The second-order valence-electron chi connectivity index (χ2n) is 6.99. The van der Waals surface area contributed by atoms with E-state index in [1.165, 1.54) is 0 Å². The molecule has 6 nitrogen and oxygen atoms in total. The Hall–Kier alpha value is -3.64. The second kappa shape index (κ2) is 12.1. The lowest BCUT2D eigenvalue weighted by Crippen LogP contribution is -2.42. The smallest absolute Gasteiger partial charge is 0.326 e. The fourth-order valence-electron chi connectivity index (χ4n) is 2.81. The van der Waals surface area contributed by atoms with Crippen molar-refractivity contribution >= 4 is 11.9 Å². The van der Waals surface area contributed by atoms with Gasteiger partial charge in [-0.25, -0.2) is 4.79 Å². The van der Waals surface area contributed by atoms with Crippen LogP contribution >= 0.6 is 0 Å². The van der Waals surface area contributed by atoms with E-state index in [1.54, 1.807) is 37.4 Å². The van der Waals surface area contributed by atoms with Crippen LogP contribution in [0.15, 0.2) is 84.9 Å². The third-order valence-electron chi connectivity index (χ3n) is 4.54. The minimum atomic E-state index is -1.04. The number of carboxylic acid groups (broad SMARTS) is 1. The summed E-state index contributed by atoms with van der Waals surface area (Å²) in [6.45, 7) is 1.95. The van der Waals surface area contributed by atoms with Gasteiger partial charge in [0.2, 0.25) is 0 Å². The molecule has 0 unspecified atom stereocenters. The number of benzene rings is 3. The van der Waals surface area contributed by atoms with Crippen molar-refractivity contribution in [3.8, 4) is 5.75 Å². The van der Waals surface area contributed by atoms with Crippen LogP contribution in [0.4, 0.5) is 0 Å². The van der Waals surface area contributed by atoms with Crippen molar-refractivity contribution in [2.24, 2.45) is 5.73 Å². The van der Waals surface area contributed by atoms with Gasteiger partial charge >= 0.3 is 5.97 Å². The molecule has 0 aromatic heterocycles. The van der Waals surface area contributed by atoms with Crippen LogP contribution in [-0.2, 0) is 11.2 Å². The van der Waals surface area contributed by atoms with E-state index in [2.05, 4.69) is 5.32 Å². The Morgan fingerprint density at radius 1 is 0.968 bits per heavy atom. The van der Waals surface area contributed by atoms with Gasteiger partial charge < -0.3 is 20.9 Å². The molecule has 0 radical (unpaired) electrons. The first-order valence-electron chi connectivity index (χ1n) is 9.93. The summed E-state index contributed by atoms with van der Waals surface area (Å²) in [5.74, 6) is -0.563. The summed E-state index contributed by atoms with van der Waals surface area (Å²) in [7, 11) is 1.65. The maximum atomic E-state index is 12.0. The number of hydrogen-bond acceptors (Lipinski definition) is 4. The Balaban J connectivity index is 0.000000262. The number of aliphatic carboxylic acids is 1. The minimum Gasteiger partial charge on any atom is -0.497 e. The molecule has 3 aromatic rings. The summed E-state index contributed by atoms with van der Waals surface area (Å²) in [4.78, 5) is 23.2. The quantitative estimate of drug-likeness (QED) is 0.539. The van der Waals surface area contributed by atoms with E-state index in [0.29, 0.717) is 5.56 Å². The zero-order valence-corrected chi connectivity index (χ0v) is 17.7. The van der Waals surface area contributed by atoms with Crippen molar-refractivity contribution in [2.75, 3.05) is 7.11 Å². The Labute approximate surface area is 182 Å². The number of nitrogens with one attached hydrogen (secondary N) is 1. The topological polar surface area (TPSA) is 102 Å². The molecule has 0 heterocycles. The molecule has 0 saturated heterocycles. The lowest BCUT2D eigenvalue weighted by atomic mass is 10.1. The Kier molecular flexibility index (Phi) is 9.26. The molecule has 0 aliphatic heterocycles. The number of methoxy groups -OCH3 is 1. The van der Waals surface area contributed by atoms with Gasteiger partial charge in [-0.2, -0.15) is 0 Å². The minimum absolute atomic E-state index is 0.0742. The Morgan fingerprint density at radius 2 is 1.58 bits per heavy atom. The summed E-state index contributed by atoms with van der Waals surface area (Å²) in [6.07, 6.45) is 0.259. The highest BCUT2D eigenvalue weighted by Gasteiger charge is 2.20. The van der Waals surface area contributed by atoms with Crippen molar-refractivity contribution in [3.05, 3.63) is 102 Å². The number of carbonyl (C=O) groups excluding carboxylic acids is 1. The van der Waals surface area contributed by atoms with E-state index in [1.807, 2.05) is 61.5 Å². The molecule has 162 valence electrons. The maximum absolute atomic E-state index is 12.0. The average molecular weight is 421 g/mol. The van der Waals surface area contributed by atoms with Crippen LogP contribution in [0.5, 0.6) is 5.75 Å². The van der Waals surface area contributed by atoms with E-state index >= 15 is 0 Å². The fourth-order valence-corrected chi connectivity index (χ4v) is 2.81. The molecule has 0 aliphatic rings. The monoisotopic (exact) mass is 420 g/mol. The van der Waals surface area contributed by atoms with E-state index in [0.717, 1.165) is 16.9 Å². The molecule has 1 amide bonds. The zero-order chi connectivity index (χ0) is 22.6. The van der Waals surface area contributed by atoms with Gasteiger partial charge in [-0.15, -0.1) is 0 Å². The van der Waals surface area contributed by atoms with Crippen LogP contribution in [0, 0.1) is 0 Å². The van der Waals surface area contributed by atoms with Gasteiger partial charge in [0.05, 0.1) is 7.11 Å². The van der Waals surface area contributed by atoms with Crippen molar-refractivity contribution in [3.63, 3.8) is 0 Å². The van der Waals surface area contributed by atoms with Gasteiger partial charge in [0.1, 0.15) is 11.8 Å². The molecular weight excluding hydrogens is 392 g/mol. The summed E-state index contributed by atoms with van der Waals surface area (Å²) < 4.78 is 5.05. The standard InChI is InChI=1S/C16H15NO3.C9H13NO/c18-15(13-9-5-2-6-10-13)17-14(16(19)20)11-12-7-3-1-4-8-12;1-7(10)8-4-3-5-9(6-8)11-2/h1-10,14H,11H2,(H,17,18)(H,19,20);3-7H,10H2,1-2H3/t14-;7-/m01/s1. The van der Waals surface area contributed by atoms with Crippen LogP contribution in [0.1, 0.15) is 34.5 Å². The molecule has 31 heavy (non-hydrogen) atoms. The van der Waals surface area contributed by atoms with E-state index < -0.39 is 12.0 Å². The molecule has 0 saturated carbocycles. The van der Waals surface area contributed by atoms with Crippen LogP contribution in [-0.4, -0.2) is 30.1 Å². The van der Waals surface area contributed by atoms with Crippen molar-refractivity contribution < 1.29 is 19.4 Å². The number of nitrogens with two attached hydrogens (primary N) is 1. The van der Waals surface area contributed by atoms with Crippen molar-refractivity contribution in [1.82, 2.24) is 5.32 Å². The molecule has 0 fully saturated rings. The lowest BCUT2D eigenvalue weighted by molar-refractivity contribution is -0.139. The van der Waals surface area contributed by atoms with Crippen LogP contribution in [0.25, 0.3) is 0 Å². The zero-order valence-electron chi connectivity index (χ0n) is 17.7. The number of amides is 1. The fraction of sp³-hybridized carbons (Fsp3) is 0.200. The Bertz CT molecular complexity index is 960. The highest BCUT2D eigenvalue weighted by atomic mass is 16.5. The van der Waals surface area contributed by atoms with Crippen LogP contribution in [0.3, 0.4) is 0 Å². The molecule has 3 aromatic carbocycles. The molecule has 0 bridgehead atoms. The predicted octanol–water partition coefficient (Wildman–Crippen LogP) is 3.83. The van der Waals surface area contributed by atoms with Gasteiger partial charge in [0, 0.05) is 18.0 Å². The van der Waals surface area contributed by atoms with Gasteiger partial charge in [0.25, 0.3) is 5.91 Å². The molecule has 6 heteroatoms. The lowest BCUT2D eigenvalue weighted by Gasteiger charge is -2.14. The van der Waals surface area contributed by atoms with E-state index in [-0.39, 0.29) is 18.4 Å². The molecule has 0 spiro atoms. The van der Waals surface area contributed by atoms with Crippen LogP contribution < -0.4 is 15.8 Å². The summed E-state index contributed by atoms with van der Waals surface area (Å²) in [5.41, 5.74) is 8.10. The molecule has 2 atom stereocenters. The molecule has 4 N–H and O–H groups in total. The van der Waals surface area contributed by atoms with Gasteiger partial charge in [-0.3, -0.25) is 4.79 Å². The normalized spacial score (nSPS) is 12.0. The highest BCUT2D eigenvalue weighted by molar-refractivity contribution is 5.96. The summed E-state index contributed by atoms with van der Waals surface area (Å²) >= 11 is 0. The number of rotatable bonds is 7.